The van der Waals surface area contributed by atoms with Gasteiger partial charge in [-0.25, -0.2) is 9.78 Å². The van der Waals surface area contributed by atoms with Crippen LogP contribution in [0.2, 0.25) is 0 Å². The largest absolute Gasteiger partial charge is 0.420 e. The molecule has 0 aliphatic carbocycles. The molecule has 1 amide bonds. The molecule has 2 aromatic heterocycles. The number of aromatic nitrogens is 2. The molecule has 0 spiro atoms. The van der Waals surface area contributed by atoms with E-state index in [2.05, 4.69) is 6.07 Å². The van der Waals surface area contributed by atoms with E-state index in [-0.39, 0.29) is 18.5 Å². The molecular weight excluding hydrogens is 362 g/mol. The molecule has 0 radical (unpaired) electrons. The minimum atomic E-state index is -0.500. The maximum absolute atomic E-state index is 13.0. The predicted molar refractivity (Wildman–Crippen MR) is 104 cm³/mol. The summed E-state index contributed by atoms with van der Waals surface area (Å²) in [5.41, 5.74) is 2.11. The summed E-state index contributed by atoms with van der Waals surface area (Å²) in [5.74, 6) is -0.578. The number of carbonyl (C=O) groups excluding carboxylic acids is 1. The van der Waals surface area contributed by atoms with Crippen molar-refractivity contribution in [1.29, 1.82) is 0 Å². The van der Waals surface area contributed by atoms with Gasteiger partial charge in [0.1, 0.15) is 11.6 Å². The zero-order valence-corrected chi connectivity index (χ0v) is 15.3. The molecule has 27 heavy (non-hydrogen) atoms. The number of amides is 1. The Bertz CT molecular complexity index is 1170. The highest BCUT2D eigenvalue weighted by atomic mass is 32.1. The number of likely N-dealkylation sites (tertiary alicyclic amines) is 1. The van der Waals surface area contributed by atoms with E-state index in [1.54, 1.807) is 29.5 Å². The van der Waals surface area contributed by atoms with Gasteiger partial charge in [-0.05, 0) is 37.1 Å². The van der Waals surface area contributed by atoms with E-state index < -0.39 is 5.76 Å². The van der Waals surface area contributed by atoms with E-state index in [0.717, 1.165) is 28.1 Å². The second-order valence-electron chi connectivity index (χ2n) is 6.69. The van der Waals surface area contributed by atoms with Gasteiger partial charge in [0.05, 0.1) is 21.8 Å². The zero-order chi connectivity index (χ0) is 18.4. The number of hydrogen-bond donors (Lipinski definition) is 0. The van der Waals surface area contributed by atoms with Crippen LogP contribution in [0.4, 0.5) is 0 Å². The van der Waals surface area contributed by atoms with Crippen molar-refractivity contribution in [2.75, 3.05) is 6.54 Å². The van der Waals surface area contributed by atoms with Crippen LogP contribution >= 0.6 is 11.3 Å². The molecule has 7 heteroatoms. The minimum Gasteiger partial charge on any atom is -0.408 e. The Balaban J connectivity index is 1.45. The standard InChI is InChI=1S/C20H17N3O3S/c24-18(12-23-14-7-2-3-9-16(14)26-20(23)25)22-11-5-8-15(22)19-21-13-6-1-4-10-17(13)27-19/h1-4,6-7,9-10,15H,5,8,11-12H2/t15-/m0/s1. The molecule has 3 heterocycles. The Hall–Kier alpha value is -2.93. The summed E-state index contributed by atoms with van der Waals surface area (Å²) < 4.78 is 7.78. The Morgan fingerprint density at radius 3 is 2.89 bits per heavy atom. The quantitative estimate of drug-likeness (QED) is 0.546. The Kier molecular flexibility index (Phi) is 3.82. The molecule has 2 aromatic carbocycles. The average Bonchev–Trinajstić information content (AvgIpc) is 3.38. The fourth-order valence-electron chi connectivity index (χ4n) is 3.74. The number of thiazole rings is 1. The monoisotopic (exact) mass is 379 g/mol. The van der Waals surface area contributed by atoms with Gasteiger partial charge in [-0.3, -0.25) is 9.36 Å². The molecule has 1 aliphatic rings. The average molecular weight is 379 g/mol. The lowest BCUT2D eigenvalue weighted by Gasteiger charge is -2.23. The number of oxazole rings is 1. The van der Waals surface area contributed by atoms with E-state index in [1.165, 1.54) is 4.57 Å². The normalized spacial score (nSPS) is 17.2. The lowest BCUT2D eigenvalue weighted by molar-refractivity contribution is -0.132. The molecule has 136 valence electrons. The number of carbonyl (C=O) groups is 1. The summed E-state index contributed by atoms with van der Waals surface area (Å²) in [7, 11) is 0. The van der Waals surface area contributed by atoms with Crippen molar-refractivity contribution in [2.24, 2.45) is 0 Å². The van der Waals surface area contributed by atoms with E-state index in [9.17, 15) is 9.59 Å². The number of rotatable bonds is 3. The van der Waals surface area contributed by atoms with E-state index in [4.69, 9.17) is 9.40 Å². The smallest absolute Gasteiger partial charge is 0.408 e. The van der Waals surface area contributed by atoms with Gasteiger partial charge in [0.2, 0.25) is 5.91 Å². The summed E-state index contributed by atoms with van der Waals surface area (Å²) >= 11 is 1.64. The molecule has 0 bridgehead atoms. The van der Waals surface area contributed by atoms with Crippen molar-refractivity contribution in [3.05, 3.63) is 64.1 Å². The molecule has 1 fully saturated rings. The first kappa shape index (κ1) is 16.3. The summed E-state index contributed by atoms with van der Waals surface area (Å²) in [4.78, 5) is 31.8. The van der Waals surface area contributed by atoms with Crippen LogP contribution in [0, 0.1) is 0 Å². The first-order valence-electron chi connectivity index (χ1n) is 8.94. The van der Waals surface area contributed by atoms with Gasteiger partial charge in [-0.2, -0.15) is 0 Å². The van der Waals surface area contributed by atoms with E-state index >= 15 is 0 Å². The van der Waals surface area contributed by atoms with Gasteiger partial charge in [-0.1, -0.05) is 24.3 Å². The Morgan fingerprint density at radius 2 is 2.00 bits per heavy atom. The van der Waals surface area contributed by atoms with Crippen molar-refractivity contribution >= 4 is 38.6 Å². The van der Waals surface area contributed by atoms with Gasteiger partial charge in [-0.15, -0.1) is 11.3 Å². The lowest BCUT2D eigenvalue weighted by atomic mass is 10.2. The molecule has 6 nitrogen and oxygen atoms in total. The number of para-hydroxylation sites is 3. The van der Waals surface area contributed by atoms with Crippen molar-refractivity contribution < 1.29 is 9.21 Å². The van der Waals surface area contributed by atoms with Gasteiger partial charge in [0.25, 0.3) is 0 Å². The molecule has 0 saturated carbocycles. The highest BCUT2D eigenvalue weighted by molar-refractivity contribution is 7.18. The second-order valence-corrected chi connectivity index (χ2v) is 7.75. The predicted octanol–water partition coefficient (Wildman–Crippen LogP) is 3.57. The molecule has 4 aromatic rings. The lowest BCUT2D eigenvalue weighted by Crippen LogP contribution is -2.35. The van der Waals surface area contributed by atoms with Crippen LogP contribution in [0.3, 0.4) is 0 Å². The molecule has 0 N–H and O–H groups in total. The fourth-order valence-corrected chi connectivity index (χ4v) is 4.86. The van der Waals surface area contributed by atoms with Gasteiger partial charge >= 0.3 is 5.76 Å². The Labute approximate surface area is 158 Å². The van der Waals surface area contributed by atoms with E-state index in [0.29, 0.717) is 17.6 Å². The van der Waals surface area contributed by atoms with Crippen molar-refractivity contribution in [1.82, 2.24) is 14.5 Å². The third-order valence-corrected chi connectivity index (χ3v) is 6.17. The third-order valence-electron chi connectivity index (χ3n) is 5.04. The summed E-state index contributed by atoms with van der Waals surface area (Å²) in [6.45, 7) is 0.668. The second kappa shape index (κ2) is 6.35. The summed E-state index contributed by atoms with van der Waals surface area (Å²) in [6, 6.07) is 15.2. The summed E-state index contributed by atoms with van der Waals surface area (Å²) in [5, 5.41) is 0.964. The van der Waals surface area contributed by atoms with Crippen molar-refractivity contribution in [3.63, 3.8) is 0 Å². The minimum absolute atomic E-state index is 0.0166. The number of fused-ring (bicyclic) bond motifs is 2. The number of nitrogens with zero attached hydrogens (tertiary/aromatic N) is 3. The van der Waals surface area contributed by atoms with Crippen LogP contribution in [-0.4, -0.2) is 26.9 Å². The van der Waals surface area contributed by atoms with Crippen LogP contribution in [0.5, 0.6) is 0 Å². The zero-order valence-electron chi connectivity index (χ0n) is 14.5. The molecular formula is C20H17N3O3S. The maximum Gasteiger partial charge on any atom is 0.420 e. The first-order chi connectivity index (χ1) is 13.2. The van der Waals surface area contributed by atoms with Crippen molar-refractivity contribution in [3.8, 4) is 0 Å². The molecule has 1 atom stereocenters. The van der Waals surface area contributed by atoms with Gasteiger partial charge in [0, 0.05) is 6.54 Å². The van der Waals surface area contributed by atoms with Gasteiger partial charge < -0.3 is 9.32 Å². The van der Waals surface area contributed by atoms with Gasteiger partial charge in [0.15, 0.2) is 5.58 Å². The van der Waals surface area contributed by atoms with Crippen LogP contribution < -0.4 is 5.76 Å². The third kappa shape index (κ3) is 2.75. The molecule has 1 saturated heterocycles. The van der Waals surface area contributed by atoms with E-state index in [1.807, 2.05) is 29.2 Å². The maximum atomic E-state index is 13.0. The van der Waals surface area contributed by atoms with Crippen LogP contribution in [-0.2, 0) is 11.3 Å². The van der Waals surface area contributed by atoms with Crippen molar-refractivity contribution in [2.45, 2.75) is 25.4 Å². The highest BCUT2D eigenvalue weighted by Gasteiger charge is 2.32. The van der Waals surface area contributed by atoms with Crippen LogP contribution in [0.15, 0.2) is 57.7 Å². The first-order valence-corrected chi connectivity index (χ1v) is 9.76. The molecule has 1 aliphatic heterocycles. The number of benzene rings is 2. The van der Waals surface area contributed by atoms with Crippen LogP contribution in [0.1, 0.15) is 23.9 Å². The fraction of sp³-hybridized carbons (Fsp3) is 0.250. The van der Waals surface area contributed by atoms with Crippen LogP contribution in [0.25, 0.3) is 21.3 Å². The Morgan fingerprint density at radius 1 is 1.19 bits per heavy atom. The summed E-state index contributed by atoms with van der Waals surface area (Å²) in [6.07, 6.45) is 1.83. The molecule has 0 unspecified atom stereocenters. The topological polar surface area (TPSA) is 68.3 Å². The molecule has 5 rings (SSSR count). The highest BCUT2D eigenvalue weighted by Crippen LogP contribution is 2.36. The SMILES string of the molecule is O=C(Cn1c(=O)oc2ccccc21)N1CCC[C@H]1c1nc2ccccc2s1. The number of hydrogen-bond acceptors (Lipinski definition) is 5.